The number of rotatable bonds is 7. The third-order valence-corrected chi connectivity index (χ3v) is 12.3. The fourth-order valence-corrected chi connectivity index (χ4v) is 8.58. The van der Waals surface area contributed by atoms with Gasteiger partial charge in [-0.1, -0.05) is 63.1 Å². The van der Waals surface area contributed by atoms with Crippen molar-refractivity contribution in [3.63, 3.8) is 0 Å². The normalized spacial score (nSPS) is 23.2. The first-order valence-corrected chi connectivity index (χ1v) is 18.3. The van der Waals surface area contributed by atoms with Crippen LogP contribution in [0.25, 0.3) is 22.4 Å². The Kier molecular flexibility index (Phi) is 8.89. The Bertz CT molecular complexity index is 1800. The number of carbonyl (C=O) groups is 2. The zero-order valence-electron chi connectivity index (χ0n) is 30.7. The van der Waals surface area contributed by atoms with E-state index in [0.29, 0.717) is 48.2 Å². The minimum Gasteiger partial charge on any atom is -0.453 e. The van der Waals surface area contributed by atoms with E-state index in [1.807, 2.05) is 77.9 Å². The highest BCUT2D eigenvalue weighted by Crippen LogP contribution is 2.63. The van der Waals surface area contributed by atoms with Crippen molar-refractivity contribution in [1.29, 1.82) is 0 Å². The fraction of sp³-hybridized carbons (Fsp3) is 0.564. The maximum atomic E-state index is 16.8. The number of likely N-dealkylation sites (tertiary alicyclic amines) is 1. The monoisotopic (exact) mass is 702 g/mol. The Labute approximate surface area is 299 Å². The highest BCUT2D eigenvalue weighted by Gasteiger charge is 2.63. The van der Waals surface area contributed by atoms with Crippen LogP contribution in [0.3, 0.4) is 0 Å². The van der Waals surface area contributed by atoms with E-state index in [1.165, 1.54) is 7.11 Å². The number of fused-ring (bicyclic) bond motifs is 1. The van der Waals surface area contributed by atoms with Gasteiger partial charge >= 0.3 is 13.2 Å². The number of nitrogens with zero attached hydrogens (tertiary/aromatic N) is 2. The molecule has 3 fully saturated rings. The van der Waals surface area contributed by atoms with Crippen LogP contribution in [-0.4, -0.2) is 64.9 Å². The predicted octanol–water partition coefficient (Wildman–Crippen LogP) is 7.30. The van der Waals surface area contributed by atoms with Gasteiger partial charge in [0.15, 0.2) is 0 Å². The van der Waals surface area contributed by atoms with Crippen LogP contribution in [0.1, 0.15) is 103 Å². The van der Waals surface area contributed by atoms with Crippen LogP contribution in [0.2, 0.25) is 0 Å². The molecule has 1 saturated carbocycles. The molecular weight excluding hydrogens is 653 g/mol. The SMILES string of the molecule is COC(=O)N[C@H](C(=O)N1CCCC1c1ncc(-c2ccc(-c3ccc(B4OC(C)(C)C(C)(C)O4)c4c3C(F)(F)C3(CCCC3)C4)cc2)[nH]1)C(C)C. The summed E-state index contributed by atoms with van der Waals surface area (Å²) in [7, 11) is 0.562. The van der Waals surface area contributed by atoms with Crippen molar-refractivity contribution in [2.24, 2.45) is 11.3 Å². The molecule has 4 aliphatic rings. The van der Waals surface area contributed by atoms with E-state index in [-0.39, 0.29) is 23.4 Å². The number of imidazole rings is 1. The Hall–Kier alpha value is -3.77. The number of amides is 2. The number of hydrogen-bond donors (Lipinski definition) is 2. The minimum atomic E-state index is -2.99. The summed E-state index contributed by atoms with van der Waals surface area (Å²) < 4.78 is 51.2. The number of aromatic nitrogens is 2. The van der Waals surface area contributed by atoms with E-state index in [9.17, 15) is 9.59 Å². The van der Waals surface area contributed by atoms with Crippen molar-refractivity contribution in [3.05, 3.63) is 59.5 Å². The maximum Gasteiger partial charge on any atom is 0.495 e. The van der Waals surface area contributed by atoms with Gasteiger partial charge in [0.2, 0.25) is 5.91 Å². The lowest BCUT2D eigenvalue weighted by Crippen LogP contribution is -2.51. The van der Waals surface area contributed by atoms with Gasteiger partial charge in [-0.15, -0.1) is 0 Å². The highest BCUT2D eigenvalue weighted by molar-refractivity contribution is 6.62. The van der Waals surface area contributed by atoms with Gasteiger partial charge in [0.1, 0.15) is 11.9 Å². The van der Waals surface area contributed by atoms with Crippen molar-refractivity contribution in [3.8, 4) is 22.4 Å². The summed E-state index contributed by atoms with van der Waals surface area (Å²) in [6.07, 6.45) is 5.58. The average Bonchev–Trinajstić information content (AvgIpc) is 3.91. The van der Waals surface area contributed by atoms with E-state index in [0.717, 1.165) is 42.5 Å². The van der Waals surface area contributed by atoms with E-state index in [2.05, 4.69) is 15.3 Å². The molecule has 1 unspecified atom stereocenters. The summed E-state index contributed by atoms with van der Waals surface area (Å²) in [5.74, 6) is -2.63. The molecule has 1 spiro atoms. The van der Waals surface area contributed by atoms with Gasteiger partial charge in [-0.3, -0.25) is 4.79 Å². The molecule has 2 amide bonds. The molecule has 2 aromatic carbocycles. The number of hydrogen-bond acceptors (Lipinski definition) is 6. The molecule has 9 nitrogen and oxygen atoms in total. The molecular formula is C39H49BF2N4O5. The first-order valence-electron chi connectivity index (χ1n) is 18.3. The molecule has 272 valence electrons. The van der Waals surface area contributed by atoms with Gasteiger partial charge in [-0.2, -0.15) is 0 Å². The Morgan fingerprint density at radius 2 is 1.65 bits per heavy atom. The first kappa shape index (κ1) is 35.6. The molecule has 0 radical (unpaired) electrons. The third kappa shape index (κ3) is 5.86. The summed E-state index contributed by atoms with van der Waals surface area (Å²) >= 11 is 0. The second-order valence-electron chi connectivity index (χ2n) is 16.2. The third-order valence-electron chi connectivity index (χ3n) is 12.3. The number of alkyl halides is 2. The molecule has 2 atom stereocenters. The maximum absolute atomic E-state index is 16.8. The Morgan fingerprint density at radius 1 is 1.00 bits per heavy atom. The average molecular weight is 703 g/mol. The fourth-order valence-electron chi connectivity index (χ4n) is 8.58. The topological polar surface area (TPSA) is 106 Å². The van der Waals surface area contributed by atoms with Gasteiger partial charge in [0, 0.05) is 17.5 Å². The van der Waals surface area contributed by atoms with Crippen molar-refractivity contribution in [2.75, 3.05) is 13.7 Å². The number of benzene rings is 2. The summed E-state index contributed by atoms with van der Waals surface area (Å²) in [6, 6.07) is 10.4. The quantitative estimate of drug-likeness (QED) is 0.251. The smallest absolute Gasteiger partial charge is 0.453 e. The summed E-state index contributed by atoms with van der Waals surface area (Å²) in [5.41, 5.74) is 2.10. The van der Waals surface area contributed by atoms with Gasteiger partial charge in [0.25, 0.3) is 5.92 Å². The van der Waals surface area contributed by atoms with E-state index >= 15 is 8.78 Å². The number of ether oxygens (including phenoxy) is 1. The van der Waals surface area contributed by atoms with E-state index in [1.54, 1.807) is 11.1 Å². The number of methoxy groups -OCH3 is 1. The van der Waals surface area contributed by atoms with Gasteiger partial charge < -0.3 is 29.2 Å². The number of alkyl carbamates (subject to hydrolysis) is 1. The number of H-pyrrole nitrogens is 1. The Morgan fingerprint density at radius 3 is 2.27 bits per heavy atom. The lowest BCUT2D eigenvalue weighted by molar-refractivity contribution is -0.135. The highest BCUT2D eigenvalue weighted by atomic mass is 19.3. The van der Waals surface area contributed by atoms with Crippen LogP contribution in [-0.2, 0) is 31.2 Å². The lowest BCUT2D eigenvalue weighted by atomic mass is 9.73. The van der Waals surface area contributed by atoms with Gasteiger partial charge in [-0.25, -0.2) is 18.6 Å². The van der Waals surface area contributed by atoms with Crippen LogP contribution in [0.15, 0.2) is 42.6 Å². The molecule has 3 heterocycles. The van der Waals surface area contributed by atoms with Gasteiger partial charge in [-0.05, 0) is 93.4 Å². The molecule has 3 aromatic rings. The van der Waals surface area contributed by atoms with Crippen molar-refractivity contribution >= 4 is 24.6 Å². The molecule has 2 aliphatic heterocycles. The molecule has 2 saturated heterocycles. The molecule has 12 heteroatoms. The summed E-state index contributed by atoms with van der Waals surface area (Å²) in [6.45, 7) is 12.3. The van der Waals surface area contributed by atoms with Crippen LogP contribution in [0, 0.1) is 11.3 Å². The standard InChI is InChI=1S/C39H49BF2N4O5/c1-23(2)32(45-35(48)49-7)34(47)46-20-10-11-30(46)33-43-22-29(44-33)25-14-12-24(13-15-25)26-16-17-28(40-50-36(3,4)37(5,6)51-40)27-21-38(18-8-9-19-38)39(41,42)31(26)27/h12-17,22-23,30,32H,8-11,18-21H2,1-7H3,(H,43,44)(H,45,48)/t30?,32-/m0/s1. The minimum absolute atomic E-state index is 0.112. The second kappa shape index (κ2) is 12.7. The van der Waals surface area contributed by atoms with E-state index in [4.69, 9.17) is 14.0 Å². The molecule has 2 N–H and O–H groups in total. The number of carbonyl (C=O) groups excluding carboxylic acids is 2. The first-order chi connectivity index (χ1) is 24.1. The predicted molar refractivity (Wildman–Crippen MR) is 192 cm³/mol. The second-order valence-corrected chi connectivity index (χ2v) is 16.2. The van der Waals surface area contributed by atoms with Crippen LogP contribution < -0.4 is 10.8 Å². The van der Waals surface area contributed by atoms with Crippen molar-refractivity contribution < 1.29 is 32.4 Å². The summed E-state index contributed by atoms with van der Waals surface area (Å²) in [5, 5.41) is 2.68. The number of aromatic amines is 1. The largest absolute Gasteiger partial charge is 0.495 e. The van der Waals surface area contributed by atoms with Crippen molar-refractivity contribution in [1.82, 2.24) is 20.2 Å². The number of halogens is 2. The molecule has 51 heavy (non-hydrogen) atoms. The number of nitrogens with one attached hydrogen (secondary N) is 2. The zero-order chi connectivity index (χ0) is 36.5. The molecule has 0 bridgehead atoms. The molecule has 2 aliphatic carbocycles. The van der Waals surface area contributed by atoms with E-state index < -0.39 is 41.8 Å². The lowest BCUT2D eigenvalue weighted by Gasteiger charge is -2.32. The van der Waals surface area contributed by atoms with Crippen LogP contribution >= 0.6 is 0 Å². The Balaban J connectivity index is 1.17. The van der Waals surface area contributed by atoms with Crippen LogP contribution in [0.4, 0.5) is 13.6 Å². The zero-order valence-corrected chi connectivity index (χ0v) is 30.7. The molecule has 7 rings (SSSR count). The molecule has 1 aromatic heterocycles. The van der Waals surface area contributed by atoms with Crippen LogP contribution in [0.5, 0.6) is 0 Å². The van der Waals surface area contributed by atoms with Gasteiger partial charge in [0.05, 0.1) is 36.2 Å². The van der Waals surface area contributed by atoms with Crippen molar-refractivity contribution in [2.45, 2.75) is 116 Å². The summed E-state index contributed by atoms with van der Waals surface area (Å²) in [4.78, 5) is 35.4.